The van der Waals surface area contributed by atoms with Gasteiger partial charge in [0.25, 0.3) is 0 Å². The van der Waals surface area contributed by atoms with Crippen molar-refractivity contribution >= 4 is 17.7 Å². The zero-order valence-electron chi connectivity index (χ0n) is 16.4. The van der Waals surface area contributed by atoms with Crippen molar-refractivity contribution in [2.45, 2.75) is 44.3 Å². The van der Waals surface area contributed by atoms with Gasteiger partial charge in [-0.25, -0.2) is 0 Å². The first-order valence-corrected chi connectivity index (χ1v) is 10.9. The Kier molecular flexibility index (Phi) is 5.75. The number of ether oxygens (including phenoxy) is 2. The summed E-state index contributed by atoms with van der Waals surface area (Å²) in [5.74, 6) is 2.86. The monoisotopic (exact) mass is 402 g/mol. The second-order valence-electron chi connectivity index (χ2n) is 7.36. The summed E-state index contributed by atoms with van der Waals surface area (Å²) in [7, 11) is 0. The van der Waals surface area contributed by atoms with E-state index in [1.54, 1.807) is 0 Å². The lowest BCUT2D eigenvalue weighted by atomic mass is 10.2. The summed E-state index contributed by atoms with van der Waals surface area (Å²) in [5.41, 5.74) is 0.933. The van der Waals surface area contributed by atoms with Gasteiger partial charge in [-0.15, -0.1) is 10.2 Å². The lowest BCUT2D eigenvalue weighted by Crippen LogP contribution is -2.29. The Morgan fingerprint density at radius 1 is 1.11 bits per heavy atom. The fraction of sp³-hybridized carbons (Fsp3) is 0.550. The number of thioether (sulfide) groups is 1. The third-order valence-electron chi connectivity index (χ3n) is 4.97. The van der Waals surface area contributed by atoms with Gasteiger partial charge in [0.05, 0.1) is 19.0 Å². The average Bonchev–Trinajstić information content (AvgIpc) is 3.31. The van der Waals surface area contributed by atoms with Crippen LogP contribution in [0.5, 0.6) is 11.5 Å². The second-order valence-corrected chi connectivity index (χ2v) is 8.30. The van der Waals surface area contributed by atoms with E-state index in [-0.39, 0.29) is 11.9 Å². The maximum absolute atomic E-state index is 12.4. The van der Waals surface area contributed by atoms with E-state index in [1.807, 2.05) is 23.1 Å². The van der Waals surface area contributed by atoms with Gasteiger partial charge >= 0.3 is 0 Å². The van der Waals surface area contributed by atoms with Crippen LogP contribution in [0.3, 0.4) is 0 Å². The van der Waals surface area contributed by atoms with Gasteiger partial charge in [0, 0.05) is 31.1 Å². The molecule has 2 aliphatic rings. The molecule has 0 unspecified atom stereocenters. The van der Waals surface area contributed by atoms with Gasteiger partial charge in [0.15, 0.2) is 22.5 Å². The molecular formula is C20H26N4O3S. The Morgan fingerprint density at radius 3 is 2.61 bits per heavy atom. The highest BCUT2D eigenvalue weighted by Crippen LogP contribution is 2.35. The van der Waals surface area contributed by atoms with Crippen molar-refractivity contribution in [3.63, 3.8) is 0 Å². The van der Waals surface area contributed by atoms with Crippen molar-refractivity contribution in [1.29, 1.82) is 0 Å². The van der Waals surface area contributed by atoms with Crippen molar-refractivity contribution in [2.24, 2.45) is 0 Å². The van der Waals surface area contributed by atoms with E-state index in [0.717, 1.165) is 60.4 Å². The molecule has 8 heteroatoms. The molecule has 1 saturated heterocycles. The average molecular weight is 403 g/mol. The van der Waals surface area contributed by atoms with Crippen molar-refractivity contribution in [1.82, 2.24) is 19.7 Å². The SMILES string of the molecule is CC(C)n1c(SCC(=O)N2CCCC2)nnc1-c1ccc2c(c1)OCCCO2. The van der Waals surface area contributed by atoms with Crippen LogP contribution in [0.4, 0.5) is 0 Å². The Hall–Kier alpha value is -2.22. The standard InChI is InChI=1S/C20H26N4O3S/c1-14(2)24-19(15-6-7-16-17(12-15)27-11-5-10-26-16)21-22-20(24)28-13-18(25)23-8-3-4-9-23/h6-7,12,14H,3-5,8-11,13H2,1-2H3. The molecule has 1 aromatic heterocycles. The zero-order chi connectivity index (χ0) is 19.5. The van der Waals surface area contributed by atoms with Crippen molar-refractivity contribution in [3.8, 4) is 22.9 Å². The Labute approximate surface area is 169 Å². The van der Waals surface area contributed by atoms with Gasteiger partial charge in [0.1, 0.15) is 0 Å². The van der Waals surface area contributed by atoms with Crippen LogP contribution in [-0.2, 0) is 4.79 Å². The Bertz CT molecular complexity index is 846. The minimum absolute atomic E-state index is 0.172. The molecule has 1 aromatic carbocycles. The lowest BCUT2D eigenvalue weighted by molar-refractivity contribution is -0.127. The number of amides is 1. The van der Waals surface area contributed by atoms with E-state index in [4.69, 9.17) is 9.47 Å². The number of nitrogens with zero attached hydrogens (tertiary/aromatic N) is 4. The molecule has 7 nitrogen and oxygen atoms in total. The molecule has 2 aliphatic heterocycles. The molecule has 0 atom stereocenters. The molecule has 3 heterocycles. The van der Waals surface area contributed by atoms with Gasteiger partial charge in [-0.2, -0.15) is 0 Å². The number of carbonyl (C=O) groups excluding carboxylic acids is 1. The predicted octanol–water partition coefficient (Wildman–Crippen LogP) is 3.40. The number of benzene rings is 1. The van der Waals surface area contributed by atoms with E-state index < -0.39 is 0 Å². The van der Waals surface area contributed by atoms with Gasteiger partial charge in [0.2, 0.25) is 5.91 Å². The molecule has 2 aromatic rings. The van der Waals surface area contributed by atoms with Crippen LogP contribution in [-0.4, -0.2) is 57.6 Å². The fourth-order valence-corrected chi connectivity index (χ4v) is 4.49. The van der Waals surface area contributed by atoms with Crippen molar-refractivity contribution < 1.29 is 14.3 Å². The third kappa shape index (κ3) is 3.97. The number of fused-ring (bicyclic) bond motifs is 1. The zero-order valence-corrected chi connectivity index (χ0v) is 17.2. The molecule has 0 saturated carbocycles. The van der Waals surface area contributed by atoms with E-state index >= 15 is 0 Å². The summed E-state index contributed by atoms with van der Waals surface area (Å²) >= 11 is 1.46. The molecule has 1 amide bonds. The molecular weight excluding hydrogens is 376 g/mol. The molecule has 28 heavy (non-hydrogen) atoms. The topological polar surface area (TPSA) is 69.5 Å². The largest absolute Gasteiger partial charge is 0.490 e. The number of likely N-dealkylation sites (tertiary alicyclic amines) is 1. The van der Waals surface area contributed by atoms with E-state index in [0.29, 0.717) is 19.0 Å². The van der Waals surface area contributed by atoms with Gasteiger partial charge in [-0.3, -0.25) is 9.36 Å². The number of aromatic nitrogens is 3. The first-order valence-electron chi connectivity index (χ1n) is 9.89. The molecule has 0 aliphatic carbocycles. The molecule has 1 fully saturated rings. The molecule has 150 valence electrons. The third-order valence-corrected chi connectivity index (χ3v) is 5.90. The summed E-state index contributed by atoms with van der Waals surface area (Å²) in [6.07, 6.45) is 3.08. The van der Waals surface area contributed by atoms with Crippen LogP contribution in [0, 0.1) is 0 Å². The van der Waals surface area contributed by atoms with Crippen molar-refractivity contribution in [3.05, 3.63) is 18.2 Å². The smallest absolute Gasteiger partial charge is 0.233 e. The molecule has 0 N–H and O–H groups in total. The predicted molar refractivity (Wildman–Crippen MR) is 108 cm³/mol. The summed E-state index contributed by atoms with van der Waals surface area (Å²) in [4.78, 5) is 14.3. The van der Waals surface area contributed by atoms with Gasteiger partial charge < -0.3 is 14.4 Å². The van der Waals surface area contributed by atoms with Gasteiger partial charge in [-0.1, -0.05) is 11.8 Å². The van der Waals surface area contributed by atoms with Crippen LogP contribution >= 0.6 is 11.8 Å². The normalized spacial score (nSPS) is 16.5. The minimum Gasteiger partial charge on any atom is -0.490 e. The molecule has 0 radical (unpaired) electrons. The molecule has 4 rings (SSSR count). The maximum Gasteiger partial charge on any atom is 0.233 e. The van der Waals surface area contributed by atoms with E-state index in [2.05, 4.69) is 28.6 Å². The van der Waals surface area contributed by atoms with E-state index in [9.17, 15) is 4.79 Å². The molecule has 0 spiro atoms. The van der Waals surface area contributed by atoms with Crippen LogP contribution in [0.15, 0.2) is 23.4 Å². The highest BCUT2D eigenvalue weighted by atomic mass is 32.2. The minimum atomic E-state index is 0.172. The summed E-state index contributed by atoms with van der Waals surface area (Å²) in [6, 6.07) is 6.05. The number of rotatable bonds is 5. The number of carbonyl (C=O) groups is 1. The van der Waals surface area contributed by atoms with Gasteiger partial charge in [-0.05, 0) is 44.9 Å². The lowest BCUT2D eigenvalue weighted by Gasteiger charge is -2.16. The highest BCUT2D eigenvalue weighted by Gasteiger charge is 2.22. The van der Waals surface area contributed by atoms with Crippen LogP contribution < -0.4 is 9.47 Å². The fourth-order valence-electron chi connectivity index (χ4n) is 3.52. The first-order chi connectivity index (χ1) is 13.6. The quantitative estimate of drug-likeness (QED) is 0.714. The summed E-state index contributed by atoms with van der Waals surface area (Å²) < 4.78 is 13.6. The van der Waals surface area contributed by atoms with Crippen LogP contribution in [0.1, 0.15) is 39.2 Å². The maximum atomic E-state index is 12.4. The highest BCUT2D eigenvalue weighted by molar-refractivity contribution is 7.99. The number of hydrogen-bond donors (Lipinski definition) is 0. The second kappa shape index (κ2) is 8.43. The van der Waals surface area contributed by atoms with Crippen molar-refractivity contribution in [2.75, 3.05) is 32.1 Å². The summed E-state index contributed by atoms with van der Waals surface area (Å²) in [5, 5.41) is 9.57. The van der Waals surface area contributed by atoms with E-state index in [1.165, 1.54) is 11.8 Å². The Morgan fingerprint density at radius 2 is 1.86 bits per heavy atom. The number of hydrogen-bond acceptors (Lipinski definition) is 6. The Balaban J connectivity index is 1.56. The van der Waals surface area contributed by atoms with Crippen LogP contribution in [0.2, 0.25) is 0 Å². The molecule has 0 bridgehead atoms. The summed E-state index contributed by atoms with van der Waals surface area (Å²) in [6.45, 7) is 7.26. The first kappa shape index (κ1) is 19.1. The van der Waals surface area contributed by atoms with Crippen LogP contribution in [0.25, 0.3) is 11.4 Å².